The number of carbonyl (C=O) groups excluding carboxylic acids is 2. The summed E-state index contributed by atoms with van der Waals surface area (Å²) >= 11 is 10.4. The van der Waals surface area contributed by atoms with Crippen LogP contribution in [0.3, 0.4) is 0 Å². The molecule has 2 aromatic carbocycles. The molecule has 0 spiro atoms. The lowest BCUT2D eigenvalue weighted by molar-refractivity contribution is 0.0651. The highest BCUT2D eigenvalue weighted by atomic mass is 35.5. The van der Waals surface area contributed by atoms with E-state index in [0.717, 1.165) is 0 Å². The number of aromatic carboxylic acids is 2. The van der Waals surface area contributed by atoms with E-state index in [-0.39, 0.29) is 22.3 Å². The molecule has 2 N–H and O–H groups in total. The van der Waals surface area contributed by atoms with Gasteiger partial charge in [-0.1, -0.05) is 30.3 Å². The molecule has 0 fully saturated rings. The number of benzene rings is 2. The highest BCUT2D eigenvalue weighted by molar-refractivity contribution is 6.69. The molecule has 0 aromatic heterocycles. The van der Waals surface area contributed by atoms with Crippen molar-refractivity contribution < 1.29 is 29.4 Å². The van der Waals surface area contributed by atoms with E-state index in [1.807, 2.05) is 0 Å². The topological polar surface area (TPSA) is 109 Å². The molecule has 2 rings (SSSR count). The summed E-state index contributed by atoms with van der Waals surface area (Å²) in [5, 5.41) is 15.9. The fourth-order valence-corrected chi connectivity index (χ4v) is 1.85. The minimum Gasteiger partial charge on any atom is -0.478 e. The average molecular weight is 369 g/mol. The SMILES string of the molecule is O=C(Cl)c1cccc(C(=O)Cl)c1.O=C(O)c1ccccc1C(=O)O. The number of rotatable bonds is 4. The van der Waals surface area contributed by atoms with Gasteiger partial charge < -0.3 is 10.2 Å². The van der Waals surface area contributed by atoms with Crippen LogP contribution in [0.1, 0.15) is 41.4 Å². The zero-order valence-corrected chi connectivity index (χ0v) is 13.4. The van der Waals surface area contributed by atoms with E-state index in [1.165, 1.54) is 42.5 Å². The molecular weight excluding hydrogens is 359 g/mol. The van der Waals surface area contributed by atoms with Crippen LogP contribution >= 0.6 is 23.2 Å². The summed E-state index contributed by atoms with van der Waals surface area (Å²) < 4.78 is 0. The molecule has 24 heavy (non-hydrogen) atoms. The number of carboxylic acid groups (broad SMARTS) is 2. The van der Waals surface area contributed by atoms with Crippen LogP contribution in [-0.2, 0) is 0 Å². The van der Waals surface area contributed by atoms with Crippen LogP contribution in [0, 0.1) is 0 Å². The Labute approximate surface area is 146 Å². The highest BCUT2D eigenvalue weighted by Crippen LogP contribution is 2.10. The lowest BCUT2D eigenvalue weighted by atomic mass is 10.1. The second-order valence-corrected chi connectivity index (χ2v) is 4.97. The Hall–Kier alpha value is -2.70. The van der Waals surface area contributed by atoms with Crippen LogP contribution in [0.25, 0.3) is 0 Å². The summed E-state index contributed by atoms with van der Waals surface area (Å²) in [5.74, 6) is -2.46. The van der Waals surface area contributed by atoms with Crippen LogP contribution in [0.4, 0.5) is 0 Å². The Morgan fingerprint density at radius 2 is 1.04 bits per heavy atom. The van der Waals surface area contributed by atoms with E-state index in [1.54, 1.807) is 6.07 Å². The summed E-state index contributed by atoms with van der Waals surface area (Å²) in [7, 11) is 0. The van der Waals surface area contributed by atoms with Crippen LogP contribution in [0.5, 0.6) is 0 Å². The molecule has 0 heterocycles. The maximum Gasteiger partial charge on any atom is 0.336 e. The summed E-state index contributed by atoms with van der Waals surface area (Å²) in [4.78, 5) is 42.2. The van der Waals surface area contributed by atoms with Gasteiger partial charge in [0.15, 0.2) is 0 Å². The van der Waals surface area contributed by atoms with Gasteiger partial charge in [0.2, 0.25) is 0 Å². The van der Waals surface area contributed by atoms with E-state index >= 15 is 0 Å². The van der Waals surface area contributed by atoms with E-state index in [9.17, 15) is 19.2 Å². The largest absolute Gasteiger partial charge is 0.478 e. The normalized spacial score (nSPS) is 9.42. The Morgan fingerprint density at radius 3 is 1.33 bits per heavy atom. The van der Waals surface area contributed by atoms with Crippen molar-refractivity contribution >= 4 is 45.6 Å². The highest BCUT2D eigenvalue weighted by Gasteiger charge is 2.13. The molecule has 0 saturated carbocycles. The van der Waals surface area contributed by atoms with Crippen LogP contribution < -0.4 is 0 Å². The van der Waals surface area contributed by atoms with E-state index in [0.29, 0.717) is 0 Å². The molecule has 0 radical (unpaired) electrons. The van der Waals surface area contributed by atoms with Crippen LogP contribution in [0.15, 0.2) is 48.5 Å². The maximum atomic E-state index is 10.6. The monoisotopic (exact) mass is 368 g/mol. The van der Waals surface area contributed by atoms with Crippen molar-refractivity contribution in [2.45, 2.75) is 0 Å². The van der Waals surface area contributed by atoms with Crippen LogP contribution in [0.2, 0.25) is 0 Å². The van der Waals surface area contributed by atoms with Gasteiger partial charge in [-0.15, -0.1) is 0 Å². The summed E-state index contributed by atoms with van der Waals surface area (Å²) in [6.45, 7) is 0. The molecule has 0 atom stereocenters. The lowest BCUT2D eigenvalue weighted by Gasteiger charge is -1.98. The van der Waals surface area contributed by atoms with Crippen molar-refractivity contribution in [1.29, 1.82) is 0 Å². The molecule has 6 nitrogen and oxygen atoms in total. The molecule has 0 bridgehead atoms. The number of halogens is 2. The number of hydrogen-bond donors (Lipinski definition) is 2. The smallest absolute Gasteiger partial charge is 0.336 e. The predicted octanol–water partition coefficient (Wildman–Crippen LogP) is 3.53. The Morgan fingerprint density at radius 1 is 0.667 bits per heavy atom. The molecule has 0 aliphatic heterocycles. The average Bonchev–Trinajstić information content (AvgIpc) is 2.55. The molecule has 8 heteroatoms. The minimum atomic E-state index is -1.23. The summed E-state index contributed by atoms with van der Waals surface area (Å²) in [6, 6.07) is 11.4. The quantitative estimate of drug-likeness (QED) is 0.798. The third-order valence-corrected chi connectivity index (χ3v) is 3.14. The lowest BCUT2D eigenvalue weighted by Crippen LogP contribution is -2.06. The van der Waals surface area contributed by atoms with Gasteiger partial charge in [0.05, 0.1) is 11.1 Å². The predicted molar refractivity (Wildman–Crippen MR) is 87.2 cm³/mol. The molecule has 0 saturated heterocycles. The first-order chi connectivity index (χ1) is 11.2. The number of carboxylic acids is 2. The molecular formula is C16H10Cl2O6. The molecule has 124 valence electrons. The minimum absolute atomic E-state index is 0.190. The third kappa shape index (κ3) is 5.49. The first-order valence-electron chi connectivity index (χ1n) is 6.29. The van der Waals surface area contributed by atoms with Gasteiger partial charge in [-0.25, -0.2) is 9.59 Å². The standard InChI is InChI=1S/C8H4Cl2O2.C8H6O4/c9-7(11)5-2-1-3-6(4-5)8(10)12;9-7(10)5-3-1-2-4-6(5)8(11)12/h1-4H;1-4H,(H,9,10)(H,11,12). The van der Waals surface area contributed by atoms with Gasteiger partial charge in [0.1, 0.15) is 0 Å². The Kier molecular flexibility index (Phi) is 7.10. The van der Waals surface area contributed by atoms with E-state index in [4.69, 9.17) is 33.4 Å². The Balaban J connectivity index is 0.000000240. The summed E-state index contributed by atoms with van der Waals surface area (Å²) in [6.07, 6.45) is 0. The van der Waals surface area contributed by atoms with Gasteiger partial charge >= 0.3 is 11.9 Å². The van der Waals surface area contributed by atoms with Crippen LogP contribution in [-0.4, -0.2) is 32.6 Å². The first kappa shape index (κ1) is 19.3. The van der Waals surface area contributed by atoms with Crippen molar-refractivity contribution in [1.82, 2.24) is 0 Å². The van der Waals surface area contributed by atoms with Gasteiger partial charge in [0, 0.05) is 11.1 Å². The van der Waals surface area contributed by atoms with E-state index < -0.39 is 22.4 Å². The molecule has 0 aliphatic rings. The fourth-order valence-electron chi connectivity index (χ4n) is 1.62. The zero-order valence-electron chi connectivity index (χ0n) is 11.9. The Bertz CT molecular complexity index is 738. The number of carbonyl (C=O) groups is 4. The van der Waals surface area contributed by atoms with Gasteiger partial charge in [0.25, 0.3) is 10.5 Å². The molecule has 2 aromatic rings. The van der Waals surface area contributed by atoms with Crippen molar-refractivity contribution in [2.24, 2.45) is 0 Å². The van der Waals surface area contributed by atoms with Crippen molar-refractivity contribution in [2.75, 3.05) is 0 Å². The summed E-state index contributed by atoms with van der Waals surface area (Å²) in [5.41, 5.74) is 0.154. The maximum absolute atomic E-state index is 10.6. The molecule has 0 unspecified atom stereocenters. The molecule has 0 amide bonds. The van der Waals surface area contributed by atoms with Gasteiger partial charge in [-0.05, 0) is 41.4 Å². The fraction of sp³-hybridized carbons (Fsp3) is 0. The van der Waals surface area contributed by atoms with Gasteiger partial charge in [-0.3, -0.25) is 9.59 Å². The second kappa shape index (κ2) is 8.81. The van der Waals surface area contributed by atoms with E-state index in [2.05, 4.69) is 0 Å². The second-order valence-electron chi connectivity index (χ2n) is 4.28. The van der Waals surface area contributed by atoms with Gasteiger partial charge in [-0.2, -0.15) is 0 Å². The van der Waals surface area contributed by atoms with Crippen molar-refractivity contribution in [3.05, 3.63) is 70.8 Å². The first-order valence-corrected chi connectivity index (χ1v) is 7.05. The molecule has 0 aliphatic carbocycles. The third-order valence-electron chi connectivity index (χ3n) is 2.70. The van der Waals surface area contributed by atoms with Crippen molar-refractivity contribution in [3.63, 3.8) is 0 Å². The number of hydrogen-bond acceptors (Lipinski definition) is 4. The zero-order chi connectivity index (χ0) is 18.3. The van der Waals surface area contributed by atoms with Crippen molar-refractivity contribution in [3.8, 4) is 0 Å².